The van der Waals surface area contributed by atoms with Crippen LogP contribution >= 0.6 is 0 Å². The molecule has 90 valence electrons. The molecule has 0 aromatic carbocycles. The van der Waals surface area contributed by atoms with Crippen molar-refractivity contribution < 1.29 is 9.90 Å². The van der Waals surface area contributed by atoms with Crippen LogP contribution in [0.3, 0.4) is 0 Å². The zero-order chi connectivity index (χ0) is 11.7. The number of aliphatic hydroxyl groups excluding tert-OH is 1. The van der Waals surface area contributed by atoms with E-state index in [4.69, 9.17) is 5.11 Å². The third-order valence-electron chi connectivity index (χ3n) is 2.12. The number of hydrogen-bond donors (Lipinski definition) is 3. The molecule has 0 radical (unpaired) electrons. The van der Waals surface area contributed by atoms with Crippen molar-refractivity contribution in [2.24, 2.45) is 5.92 Å². The van der Waals surface area contributed by atoms with Gasteiger partial charge in [0.05, 0.1) is 12.6 Å². The molecule has 0 rings (SSSR count). The maximum atomic E-state index is 11.4. The highest BCUT2D eigenvalue weighted by Gasteiger charge is 2.12. The summed E-state index contributed by atoms with van der Waals surface area (Å²) in [5.41, 5.74) is 0. The van der Waals surface area contributed by atoms with E-state index in [1.807, 2.05) is 6.92 Å². The fraction of sp³-hybridized carbons (Fsp3) is 0.909. The fourth-order valence-electron chi connectivity index (χ4n) is 1.43. The van der Waals surface area contributed by atoms with Crippen LogP contribution in [0.25, 0.3) is 0 Å². The van der Waals surface area contributed by atoms with Crippen LogP contribution in [0.2, 0.25) is 0 Å². The monoisotopic (exact) mass is 216 g/mol. The molecule has 3 N–H and O–H groups in total. The third kappa shape index (κ3) is 8.39. The van der Waals surface area contributed by atoms with Gasteiger partial charge in [0.25, 0.3) is 0 Å². The molecule has 15 heavy (non-hydrogen) atoms. The molecule has 1 amide bonds. The lowest BCUT2D eigenvalue weighted by molar-refractivity contribution is -0.122. The number of carbonyl (C=O) groups excluding carboxylic acids is 1. The van der Waals surface area contributed by atoms with Gasteiger partial charge in [0.1, 0.15) is 0 Å². The molecule has 0 spiro atoms. The molecule has 0 fully saturated rings. The van der Waals surface area contributed by atoms with Gasteiger partial charge in [-0.15, -0.1) is 0 Å². The van der Waals surface area contributed by atoms with Crippen molar-refractivity contribution in [2.45, 2.75) is 39.7 Å². The Labute approximate surface area is 92.4 Å². The van der Waals surface area contributed by atoms with Gasteiger partial charge in [-0.3, -0.25) is 4.79 Å². The molecule has 1 atom stereocenters. The predicted octanol–water partition coefficient (Wildman–Crippen LogP) is 0.509. The normalized spacial score (nSPS) is 12.9. The molecule has 0 aliphatic rings. The van der Waals surface area contributed by atoms with Crippen LogP contribution in [-0.4, -0.2) is 36.8 Å². The van der Waals surface area contributed by atoms with E-state index in [0.717, 1.165) is 13.0 Å². The van der Waals surface area contributed by atoms with Crippen molar-refractivity contribution in [1.82, 2.24) is 10.6 Å². The van der Waals surface area contributed by atoms with Crippen LogP contribution in [0.1, 0.15) is 33.6 Å². The Hall–Kier alpha value is -0.610. The van der Waals surface area contributed by atoms with Gasteiger partial charge >= 0.3 is 0 Å². The molecule has 0 aromatic rings. The first-order chi connectivity index (χ1) is 7.10. The quantitative estimate of drug-likeness (QED) is 0.518. The van der Waals surface area contributed by atoms with Crippen molar-refractivity contribution >= 4 is 5.91 Å². The summed E-state index contributed by atoms with van der Waals surface area (Å²) < 4.78 is 0. The lowest BCUT2D eigenvalue weighted by Gasteiger charge is -2.18. The van der Waals surface area contributed by atoms with E-state index in [-0.39, 0.29) is 18.6 Å². The van der Waals surface area contributed by atoms with Crippen molar-refractivity contribution in [3.8, 4) is 0 Å². The summed E-state index contributed by atoms with van der Waals surface area (Å²) in [4.78, 5) is 11.4. The minimum atomic E-state index is -0.0980. The molecule has 0 aromatic heterocycles. The van der Waals surface area contributed by atoms with Gasteiger partial charge in [-0.1, -0.05) is 20.8 Å². The van der Waals surface area contributed by atoms with Gasteiger partial charge in [-0.25, -0.2) is 0 Å². The lowest BCUT2D eigenvalue weighted by atomic mass is 10.0. The summed E-state index contributed by atoms with van der Waals surface area (Å²) in [5.74, 6) is 0.492. The van der Waals surface area contributed by atoms with E-state index in [1.54, 1.807) is 0 Å². The van der Waals surface area contributed by atoms with E-state index in [2.05, 4.69) is 24.5 Å². The van der Waals surface area contributed by atoms with Crippen molar-refractivity contribution in [2.75, 3.05) is 19.7 Å². The molecular formula is C11H24N2O2. The maximum absolute atomic E-state index is 11.4. The summed E-state index contributed by atoms with van der Waals surface area (Å²) in [7, 11) is 0. The predicted molar refractivity (Wildman–Crippen MR) is 61.6 cm³/mol. The number of carbonyl (C=O) groups is 1. The van der Waals surface area contributed by atoms with Crippen LogP contribution in [-0.2, 0) is 4.79 Å². The van der Waals surface area contributed by atoms with Gasteiger partial charge in [-0.2, -0.15) is 0 Å². The van der Waals surface area contributed by atoms with Crippen molar-refractivity contribution in [1.29, 1.82) is 0 Å². The summed E-state index contributed by atoms with van der Waals surface area (Å²) in [6.45, 7) is 7.75. The van der Waals surface area contributed by atoms with Crippen LogP contribution < -0.4 is 10.6 Å². The van der Waals surface area contributed by atoms with Crippen LogP contribution in [0.5, 0.6) is 0 Å². The Morgan fingerprint density at radius 3 is 2.53 bits per heavy atom. The summed E-state index contributed by atoms with van der Waals surface area (Å²) in [6.07, 6.45) is 1.30. The highest BCUT2D eigenvalue weighted by molar-refractivity contribution is 5.76. The molecule has 0 heterocycles. The Morgan fingerprint density at radius 1 is 1.40 bits per heavy atom. The molecule has 4 nitrogen and oxygen atoms in total. The van der Waals surface area contributed by atoms with Gasteiger partial charge in [0.15, 0.2) is 0 Å². The van der Waals surface area contributed by atoms with Crippen molar-refractivity contribution in [3.05, 3.63) is 0 Å². The van der Waals surface area contributed by atoms with E-state index in [9.17, 15) is 4.79 Å². The molecule has 0 saturated carbocycles. The standard InChI is InChI=1S/C11H24N2O2/c1-4-12-6-5-11(15)13-10(8-14)7-9(2)3/h9-10,12,14H,4-8H2,1-3H3,(H,13,15). The number of rotatable bonds is 8. The van der Waals surface area contributed by atoms with E-state index < -0.39 is 0 Å². The Bertz CT molecular complexity index is 172. The lowest BCUT2D eigenvalue weighted by Crippen LogP contribution is -2.39. The second-order valence-electron chi connectivity index (χ2n) is 4.18. The molecule has 0 saturated heterocycles. The molecule has 0 aliphatic heterocycles. The SMILES string of the molecule is CCNCCC(=O)NC(CO)CC(C)C. The highest BCUT2D eigenvalue weighted by Crippen LogP contribution is 2.04. The third-order valence-corrected chi connectivity index (χ3v) is 2.12. The number of aliphatic hydroxyl groups is 1. The van der Waals surface area contributed by atoms with Crippen LogP contribution in [0.15, 0.2) is 0 Å². The smallest absolute Gasteiger partial charge is 0.221 e. The van der Waals surface area contributed by atoms with E-state index in [0.29, 0.717) is 18.9 Å². The first-order valence-corrected chi connectivity index (χ1v) is 5.71. The molecule has 0 bridgehead atoms. The van der Waals surface area contributed by atoms with Crippen LogP contribution in [0, 0.1) is 5.92 Å². The molecule has 4 heteroatoms. The Kier molecular flexibility index (Phi) is 8.33. The average molecular weight is 216 g/mol. The molecule has 1 unspecified atom stereocenters. The van der Waals surface area contributed by atoms with Gasteiger partial charge in [0.2, 0.25) is 5.91 Å². The minimum absolute atomic E-state index is 0.00986. The number of nitrogens with one attached hydrogen (secondary N) is 2. The first-order valence-electron chi connectivity index (χ1n) is 5.71. The largest absolute Gasteiger partial charge is 0.394 e. The minimum Gasteiger partial charge on any atom is -0.394 e. The molecule has 0 aliphatic carbocycles. The average Bonchev–Trinajstić information content (AvgIpc) is 2.16. The van der Waals surface area contributed by atoms with Crippen LogP contribution in [0.4, 0.5) is 0 Å². The highest BCUT2D eigenvalue weighted by atomic mass is 16.3. The summed E-state index contributed by atoms with van der Waals surface area (Å²) in [6, 6.07) is -0.0980. The summed E-state index contributed by atoms with van der Waals surface area (Å²) in [5, 5.41) is 15.0. The van der Waals surface area contributed by atoms with Gasteiger partial charge in [0, 0.05) is 13.0 Å². The Balaban J connectivity index is 3.70. The van der Waals surface area contributed by atoms with Crippen molar-refractivity contribution in [3.63, 3.8) is 0 Å². The zero-order valence-corrected chi connectivity index (χ0v) is 10.0. The van der Waals surface area contributed by atoms with Gasteiger partial charge < -0.3 is 15.7 Å². The molecular weight excluding hydrogens is 192 g/mol. The maximum Gasteiger partial charge on any atom is 0.221 e. The topological polar surface area (TPSA) is 61.4 Å². The second-order valence-corrected chi connectivity index (χ2v) is 4.18. The fourth-order valence-corrected chi connectivity index (χ4v) is 1.43. The zero-order valence-electron chi connectivity index (χ0n) is 10.0. The van der Waals surface area contributed by atoms with E-state index >= 15 is 0 Å². The summed E-state index contributed by atoms with van der Waals surface area (Å²) >= 11 is 0. The number of hydrogen-bond acceptors (Lipinski definition) is 3. The van der Waals surface area contributed by atoms with Gasteiger partial charge in [-0.05, 0) is 18.9 Å². The first kappa shape index (κ1) is 14.4. The number of amides is 1. The Morgan fingerprint density at radius 2 is 2.07 bits per heavy atom. The van der Waals surface area contributed by atoms with E-state index in [1.165, 1.54) is 0 Å². The second kappa shape index (κ2) is 8.68.